The fourth-order valence-corrected chi connectivity index (χ4v) is 2.41. The summed E-state index contributed by atoms with van der Waals surface area (Å²) in [4.78, 5) is 23.2. The van der Waals surface area contributed by atoms with Gasteiger partial charge < -0.3 is 9.67 Å². The predicted molar refractivity (Wildman–Crippen MR) is 74.0 cm³/mol. The van der Waals surface area contributed by atoms with E-state index in [0.717, 1.165) is 0 Å². The van der Waals surface area contributed by atoms with E-state index >= 15 is 0 Å². The molecule has 0 atom stereocenters. The average molecular weight is 259 g/mol. The van der Waals surface area contributed by atoms with Crippen LogP contribution in [-0.4, -0.2) is 21.4 Å². The van der Waals surface area contributed by atoms with Gasteiger partial charge in [-0.2, -0.15) is 0 Å². The molecule has 100 valence electrons. The van der Waals surface area contributed by atoms with Crippen molar-refractivity contribution in [3.63, 3.8) is 0 Å². The number of aromatic nitrogens is 1. The molecule has 0 amide bonds. The second-order valence-corrected chi connectivity index (χ2v) is 5.06. The van der Waals surface area contributed by atoms with Crippen LogP contribution in [0.15, 0.2) is 18.3 Å². The number of ketones is 1. The molecule has 0 bridgehead atoms. The number of carboxylic acids is 1. The average Bonchev–Trinajstić information content (AvgIpc) is 2.67. The summed E-state index contributed by atoms with van der Waals surface area (Å²) in [6.07, 6.45) is 1.75. The van der Waals surface area contributed by atoms with E-state index < -0.39 is 5.97 Å². The van der Waals surface area contributed by atoms with E-state index in [9.17, 15) is 14.7 Å². The Bertz CT molecular complexity index is 680. The second-order valence-electron chi connectivity index (χ2n) is 5.06. The highest BCUT2D eigenvalue weighted by atomic mass is 16.4. The van der Waals surface area contributed by atoms with E-state index in [1.807, 2.05) is 24.5 Å². The van der Waals surface area contributed by atoms with Gasteiger partial charge in [0.1, 0.15) is 0 Å². The van der Waals surface area contributed by atoms with Gasteiger partial charge in [-0.3, -0.25) is 4.79 Å². The summed E-state index contributed by atoms with van der Waals surface area (Å²) in [5.74, 6) is -1.01. The van der Waals surface area contributed by atoms with Crippen molar-refractivity contribution in [2.45, 2.75) is 33.7 Å². The zero-order valence-corrected chi connectivity index (χ0v) is 11.5. The monoisotopic (exact) mass is 259 g/mol. The summed E-state index contributed by atoms with van der Waals surface area (Å²) in [6.45, 7) is 7.21. The third kappa shape index (κ3) is 2.03. The summed E-state index contributed by atoms with van der Waals surface area (Å²) in [6, 6.07) is 3.67. The smallest absolute Gasteiger partial charge is 0.338 e. The van der Waals surface area contributed by atoms with Crippen LogP contribution >= 0.6 is 0 Å². The lowest BCUT2D eigenvalue weighted by Crippen LogP contribution is -2.06. The highest BCUT2D eigenvalue weighted by molar-refractivity contribution is 6.12. The molecule has 1 aromatic heterocycles. The number of hydrogen-bond acceptors (Lipinski definition) is 2. The Kier molecular flexibility index (Phi) is 3.18. The summed E-state index contributed by atoms with van der Waals surface area (Å²) >= 11 is 0. The Morgan fingerprint density at radius 1 is 1.26 bits per heavy atom. The number of benzene rings is 1. The Hall–Kier alpha value is -2.10. The van der Waals surface area contributed by atoms with Gasteiger partial charge in [0.05, 0.1) is 11.1 Å². The van der Waals surface area contributed by atoms with Gasteiger partial charge in [0.25, 0.3) is 0 Å². The number of rotatable bonds is 3. The number of carbonyl (C=O) groups is 2. The molecule has 1 N–H and O–H groups in total. The first-order valence-electron chi connectivity index (χ1n) is 6.23. The van der Waals surface area contributed by atoms with Crippen molar-refractivity contribution in [3.8, 4) is 0 Å². The third-order valence-electron chi connectivity index (χ3n) is 3.35. The lowest BCUT2D eigenvalue weighted by atomic mass is 10.0. The lowest BCUT2D eigenvalue weighted by molar-refractivity contribution is 0.0697. The van der Waals surface area contributed by atoms with Crippen LogP contribution in [0.5, 0.6) is 0 Å². The number of hydrogen-bond donors (Lipinski definition) is 1. The van der Waals surface area contributed by atoms with Gasteiger partial charge in [-0.1, -0.05) is 12.1 Å². The van der Waals surface area contributed by atoms with Crippen molar-refractivity contribution in [2.75, 3.05) is 0 Å². The van der Waals surface area contributed by atoms with E-state index in [2.05, 4.69) is 0 Å². The molecule has 1 heterocycles. The van der Waals surface area contributed by atoms with Crippen LogP contribution in [0.25, 0.3) is 10.9 Å². The molecule has 0 radical (unpaired) electrons. The normalized spacial score (nSPS) is 11.2. The molecule has 2 rings (SSSR count). The fourth-order valence-electron chi connectivity index (χ4n) is 2.41. The Balaban J connectivity index is 2.99. The maximum Gasteiger partial charge on any atom is 0.338 e. The molecular weight excluding hydrogens is 242 g/mol. The van der Waals surface area contributed by atoms with Crippen molar-refractivity contribution in [2.24, 2.45) is 0 Å². The molecule has 19 heavy (non-hydrogen) atoms. The second kappa shape index (κ2) is 4.53. The molecule has 0 saturated carbocycles. The summed E-state index contributed by atoms with van der Waals surface area (Å²) in [5, 5.41) is 10.1. The summed E-state index contributed by atoms with van der Waals surface area (Å²) < 4.78 is 1.86. The Labute approximate surface area is 111 Å². The number of aromatic carboxylic acids is 1. The Morgan fingerprint density at radius 3 is 2.37 bits per heavy atom. The molecule has 0 aliphatic heterocycles. The van der Waals surface area contributed by atoms with E-state index in [-0.39, 0.29) is 17.4 Å². The minimum Gasteiger partial charge on any atom is -0.478 e. The molecule has 0 aliphatic carbocycles. The summed E-state index contributed by atoms with van der Waals surface area (Å²) in [5.41, 5.74) is 2.19. The van der Waals surface area contributed by atoms with Crippen molar-refractivity contribution < 1.29 is 14.7 Å². The molecule has 0 unspecified atom stereocenters. The number of aryl methyl sites for hydroxylation is 1. The number of carboxylic acid groups (broad SMARTS) is 1. The van der Waals surface area contributed by atoms with Crippen LogP contribution in [0.4, 0.5) is 0 Å². The van der Waals surface area contributed by atoms with Gasteiger partial charge in [-0.05, 0) is 33.3 Å². The highest BCUT2D eigenvalue weighted by Crippen LogP contribution is 2.30. The van der Waals surface area contributed by atoms with Gasteiger partial charge in [0, 0.05) is 23.2 Å². The maximum atomic E-state index is 11.7. The predicted octanol–water partition coefficient (Wildman–Crippen LogP) is 3.43. The SMILES string of the molecule is CC(=O)c1cn(C(C)C)c2c(C(=O)O)c(C)ccc12. The molecule has 0 saturated heterocycles. The van der Waals surface area contributed by atoms with Crippen LogP contribution in [0.1, 0.15) is 53.1 Å². The number of carbonyl (C=O) groups excluding carboxylic acids is 1. The van der Waals surface area contributed by atoms with Crippen molar-refractivity contribution in [3.05, 3.63) is 35.0 Å². The minimum absolute atomic E-state index is 0.0513. The van der Waals surface area contributed by atoms with E-state index in [1.54, 1.807) is 19.2 Å². The topological polar surface area (TPSA) is 59.3 Å². The zero-order valence-electron chi connectivity index (χ0n) is 11.5. The molecule has 4 heteroatoms. The number of fused-ring (bicyclic) bond motifs is 1. The lowest BCUT2D eigenvalue weighted by Gasteiger charge is -2.12. The van der Waals surface area contributed by atoms with E-state index in [4.69, 9.17) is 0 Å². The van der Waals surface area contributed by atoms with Crippen LogP contribution in [0.3, 0.4) is 0 Å². The van der Waals surface area contributed by atoms with Gasteiger partial charge in [0.15, 0.2) is 5.78 Å². The molecule has 0 spiro atoms. The third-order valence-corrected chi connectivity index (χ3v) is 3.35. The first-order chi connectivity index (χ1) is 8.84. The van der Waals surface area contributed by atoms with Crippen LogP contribution < -0.4 is 0 Å². The molecule has 2 aromatic rings. The standard InChI is InChI=1S/C15H17NO3/c1-8(2)16-7-12(10(4)17)11-6-5-9(3)13(14(11)16)15(18)19/h5-8H,1-4H3,(H,18,19). The van der Waals surface area contributed by atoms with Crippen LogP contribution in [0, 0.1) is 6.92 Å². The molecule has 1 aromatic carbocycles. The van der Waals surface area contributed by atoms with Crippen LogP contribution in [-0.2, 0) is 0 Å². The molecule has 0 aliphatic rings. The molecule has 0 fully saturated rings. The molecule has 4 nitrogen and oxygen atoms in total. The highest BCUT2D eigenvalue weighted by Gasteiger charge is 2.21. The first kappa shape index (κ1) is 13.3. The van der Waals surface area contributed by atoms with Crippen LogP contribution in [0.2, 0.25) is 0 Å². The largest absolute Gasteiger partial charge is 0.478 e. The summed E-state index contributed by atoms with van der Waals surface area (Å²) in [7, 11) is 0. The van der Waals surface area contributed by atoms with Gasteiger partial charge in [-0.25, -0.2) is 4.79 Å². The van der Waals surface area contributed by atoms with Crippen molar-refractivity contribution >= 4 is 22.7 Å². The van der Waals surface area contributed by atoms with E-state index in [0.29, 0.717) is 22.0 Å². The van der Waals surface area contributed by atoms with Gasteiger partial charge in [0.2, 0.25) is 0 Å². The van der Waals surface area contributed by atoms with Crippen molar-refractivity contribution in [1.82, 2.24) is 4.57 Å². The first-order valence-corrected chi connectivity index (χ1v) is 6.23. The Morgan fingerprint density at radius 2 is 1.89 bits per heavy atom. The number of nitrogens with zero attached hydrogens (tertiary/aromatic N) is 1. The van der Waals surface area contributed by atoms with E-state index in [1.165, 1.54) is 6.92 Å². The number of Topliss-reactive ketones (excluding diaryl/α,β-unsaturated/α-hetero) is 1. The van der Waals surface area contributed by atoms with Gasteiger partial charge in [-0.15, -0.1) is 0 Å². The van der Waals surface area contributed by atoms with Gasteiger partial charge >= 0.3 is 5.97 Å². The minimum atomic E-state index is -0.960. The fraction of sp³-hybridized carbons (Fsp3) is 0.333. The van der Waals surface area contributed by atoms with Crippen molar-refractivity contribution in [1.29, 1.82) is 0 Å². The quantitative estimate of drug-likeness (QED) is 0.859. The molecular formula is C15H17NO3. The maximum absolute atomic E-state index is 11.7. The zero-order chi connectivity index (χ0) is 14.3.